The third-order valence-electron chi connectivity index (χ3n) is 3.06. The maximum atomic E-state index is 11.6. The van der Waals surface area contributed by atoms with Gasteiger partial charge in [-0.05, 0) is 20.8 Å². The Bertz CT molecular complexity index is 215. The molecule has 0 unspecified atom stereocenters. The number of nitrogens with zero attached hydrogens (tertiary/aromatic N) is 2. The van der Waals surface area contributed by atoms with Crippen LogP contribution in [0.5, 0.6) is 0 Å². The Kier molecular flexibility index (Phi) is 3.50. The van der Waals surface area contributed by atoms with Gasteiger partial charge in [-0.15, -0.1) is 0 Å². The quantitative estimate of drug-likeness (QED) is 0.690. The molecule has 14 heavy (non-hydrogen) atoms. The Labute approximate surface area is 86.0 Å². The average Bonchev–Trinajstić information content (AvgIpc) is 2.17. The van der Waals surface area contributed by atoms with Crippen LogP contribution >= 0.6 is 0 Å². The number of carbonyl (C=O) groups excluding carboxylic acids is 1. The van der Waals surface area contributed by atoms with Crippen molar-refractivity contribution in [1.29, 1.82) is 0 Å². The van der Waals surface area contributed by atoms with Crippen molar-refractivity contribution in [3.8, 4) is 0 Å². The van der Waals surface area contributed by atoms with Gasteiger partial charge in [-0.2, -0.15) is 0 Å². The van der Waals surface area contributed by atoms with E-state index >= 15 is 0 Å². The maximum Gasteiger partial charge on any atom is 0.236 e. The SMILES string of the molecule is CCN1CCN(C(C)(C)CN)CC1=O. The monoisotopic (exact) mass is 199 g/mol. The average molecular weight is 199 g/mol. The van der Waals surface area contributed by atoms with Gasteiger partial charge in [-0.3, -0.25) is 9.69 Å². The van der Waals surface area contributed by atoms with Crippen LogP contribution in [-0.4, -0.2) is 54.0 Å². The van der Waals surface area contributed by atoms with E-state index < -0.39 is 0 Å². The molecule has 2 N–H and O–H groups in total. The molecule has 1 heterocycles. The summed E-state index contributed by atoms with van der Waals surface area (Å²) in [6.45, 7) is 9.87. The number of piperazine rings is 1. The Morgan fingerprint density at radius 2 is 2.07 bits per heavy atom. The fraction of sp³-hybridized carbons (Fsp3) is 0.900. The Morgan fingerprint density at radius 3 is 2.50 bits per heavy atom. The molecular weight excluding hydrogens is 178 g/mol. The first-order valence-electron chi connectivity index (χ1n) is 5.24. The molecule has 0 aromatic rings. The number of likely N-dealkylation sites (N-methyl/N-ethyl adjacent to an activating group) is 1. The van der Waals surface area contributed by atoms with Gasteiger partial charge in [-0.1, -0.05) is 0 Å². The zero-order valence-corrected chi connectivity index (χ0v) is 9.42. The minimum absolute atomic E-state index is 0.0600. The Hall–Kier alpha value is -0.610. The van der Waals surface area contributed by atoms with Crippen molar-refractivity contribution in [1.82, 2.24) is 9.80 Å². The third-order valence-corrected chi connectivity index (χ3v) is 3.06. The van der Waals surface area contributed by atoms with E-state index in [-0.39, 0.29) is 11.4 Å². The van der Waals surface area contributed by atoms with Gasteiger partial charge in [0.2, 0.25) is 5.91 Å². The molecule has 1 rings (SSSR count). The highest BCUT2D eigenvalue weighted by atomic mass is 16.2. The largest absolute Gasteiger partial charge is 0.341 e. The van der Waals surface area contributed by atoms with Crippen molar-refractivity contribution < 1.29 is 4.79 Å². The fourth-order valence-electron chi connectivity index (χ4n) is 1.69. The molecule has 1 aliphatic rings. The summed E-state index contributed by atoms with van der Waals surface area (Å²) in [5, 5.41) is 0. The number of hydrogen-bond acceptors (Lipinski definition) is 3. The predicted molar refractivity (Wildman–Crippen MR) is 57.0 cm³/mol. The number of amides is 1. The third kappa shape index (κ3) is 2.25. The van der Waals surface area contributed by atoms with Crippen molar-refractivity contribution in [2.45, 2.75) is 26.3 Å². The molecule has 0 bridgehead atoms. The highest BCUT2D eigenvalue weighted by Gasteiger charge is 2.31. The first kappa shape index (κ1) is 11.5. The highest BCUT2D eigenvalue weighted by molar-refractivity contribution is 5.79. The fourth-order valence-corrected chi connectivity index (χ4v) is 1.69. The Balaban J connectivity index is 2.59. The molecule has 0 spiro atoms. The first-order valence-corrected chi connectivity index (χ1v) is 5.24. The van der Waals surface area contributed by atoms with E-state index in [9.17, 15) is 4.79 Å². The normalized spacial score (nSPS) is 20.3. The lowest BCUT2D eigenvalue weighted by molar-refractivity contribution is -0.138. The topological polar surface area (TPSA) is 49.6 Å². The molecule has 0 atom stereocenters. The zero-order valence-electron chi connectivity index (χ0n) is 9.42. The molecule has 0 radical (unpaired) electrons. The van der Waals surface area contributed by atoms with Crippen molar-refractivity contribution in [2.75, 3.05) is 32.7 Å². The highest BCUT2D eigenvalue weighted by Crippen LogP contribution is 2.15. The van der Waals surface area contributed by atoms with Crippen molar-refractivity contribution >= 4 is 5.91 Å². The van der Waals surface area contributed by atoms with Gasteiger partial charge in [-0.25, -0.2) is 0 Å². The zero-order chi connectivity index (χ0) is 10.8. The van der Waals surface area contributed by atoms with Crippen LogP contribution in [0.25, 0.3) is 0 Å². The molecule has 1 amide bonds. The van der Waals surface area contributed by atoms with Crippen molar-refractivity contribution in [3.63, 3.8) is 0 Å². The van der Waals surface area contributed by atoms with Crippen LogP contribution in [0, 0.1) is 0 Å². The number of nitrogens with two attached hydrogens (primary N) is 1. The summed E-state index contributed by atoms with van der Waals surface area (Å²) < 4.78 is 0. The molecule has 1 aliphatic heterocycles. The number of carbonyl (C=O) groups is 1. The van der Waals surface area contributed by atoms with Crippen LogP contribution in [0.2, 0.25) is 0 Å². The molecule has 0 aliphatic carbocycles. The van der Waals surface area contributed by atoms with E-state index in [4.69, 9.17) is 5.73 Å². The molecule has 0 aromatic heterocycles. The van der Waals surface area contributed by atoms with Crippen LogP contribution in [0.1, 0.15) is 20.8 Å². The van der Waals surface area contributed by atoms with Crippen LogP contribution in [0.3, 0.4) is 0 Å². The van der Waals surface area contributed by atoms with E-state index in [2.05, 4.69) is 18.7 Å². The molecule has 0 saturated carbocycles. The number of rotatable bonds is 3. The van der Waals surface area contributed by atoms with Gasteiger partial charge in [0, 0.05) is 31.7 Å². The lowest BCUT2D eigenvalue weighted by atomic mass is 10.0. The van der Waals surface area contributed by atoms with Crippen molar-refractivity contribution in [2.24, 2.45) is 5.73 Å². The van der Waals surface area contributed by atoms with Gasteiger partial charge in [0.05, 0.1) is 6.54 Å². The van der Waals surface area contributed by atoms with Crippen LogP contribution in [0.4, 0.5) is 0 Å². The summed E-state index contributed by atoms with van der Waals surface area (Å²) in [5.74, 6) is 0.222. The predicted octanol–water partition coefficient (Wildman–Crippen LogP) is -0.112. The summed E-state index contributed by atoms with van der Waals surface area (Å²) >= 11 is 0. The summed E-state index contributed by atoms with van der Waals surface area (Å²) in [4.78, 5) is 15.7. The van der Waals surface area contributed by atoms with E-state index in [1.54, 1.807) is 0 Å². The second-order valence-electron chi connectivity index (χ2n) is 4.41. The minimum Gasteiger partial charge on any atom is -0.341 e. The molecule has 82 valence electrons. The summed E-state index contributed by atoms with van der Waals surface area (Å²) in [6, 6.07) is 0. The molecule has 4 nitrogen and oxygen atoms in total. The smallest absolute Gasteiger partial charge is 0.236 e. The lowest BCUT2D eigenvalue weighted by Crippen LogP contribution is -2.59. The molecule has 4 heteroatoms. The van der Waals surface area contributed by atoms with Crippen LogP contribution < -0.4 is 5.73 Å². The molecule has 0 aromatic carbocycles. The van der Waals surface area contributed by atoms with Crippen molar-refractivity contribution in [3.05, 3.63) is 0 Å². The summed E-state index contributed by atoms with van der Waals surface area (Å²) in [5.41, 5.74) is 5.62. The van der Waals surface area contributed by atoms with E-state index in [1.165, 1.54) is 0 Å². The van der Waals surface area contributed by atoms with Gasteiger partial charge >= 0.3 is 0 Å². The van der Waals surface area contributed by atoms with E-state index in [1.807, 2.05) is 11.8 Å². The van der Waals surface area contributed by atoms with Gasteiger partial charge < -0.3 is 10.6 Å². The standard InChI is InChI=1S/C10H21N3O/c1-4-12-5-6-13(7-9(12)14)10(2,3)8-11/h4-8,11H2,1-3H3. The Morgan fingerprint density at radius 1 is 1.43 bits per heavy atom. The van der Waals surface area contributed by atoms with E-state index in [0.29, 0.717) is 13.1 Å². The number of hydrogen-bond donors (Lipinski definition) is 1. The first-order chi connectivity index (χ1) is 6.51. The molecule has 1 fully saturated rings. The lowest BCUT2D eigenvalue weighted by Gasteiger charge is -2.42. The second kappa shape index (κ2) is 4.28. The maximum absolute atomic E-state index is 11.6. The summed E-state index contributed by atoms with van der Waals surface area (Å²) in [6.07, 6.45) is 0. The van der Waals surface area contributed by atoms with Gasteiger partial charge in [0.15, 0.2) is 0 Å². The second-order valence-corrected chi connectivity index (χ2v) is 4.41. The minimum atomic E-state index is -0.0600. The van der Waals surface area contributed by atoms with E-state index in [0.717, 1.165) is 19.6 Å². The van der Waals surface area contributed by atoms with Crippen LogP contribution in [-0.2, 0) is 4.79 Å². The van der Waals surface area contributed by atoms with Crippen LogP contribution in [0.15, 0.2) is 0 Å². The van der Waals surface area contributed by atoms with Gasteiger partial charge in [0.25, 0.3) is 0 Å². The summed E-state index contributed by atoms with van der Waals surface area (Å²) in [7, 11) is 0. The molecular formula is C10H21N3O. The molecule has 1 saturated heterocycles. The van der Waals surface area contributed by atoms with Gasteiger partial charge in [0.1, 0.15) is 0 Å².